The van der Waals surface area contributed by atoms with Gasteiger partial charge >= 0.3 is 0 Å². The van der Waals surface area contributed by atoms with Crippen LogP contribution in [0.3, 0.4) is 0 Å². The minimum atomic E-state index is 0.139. The molecule has 0 saturated carbocycles. The lowest BCUT2D eigenvalue weighted by atomic mass is 10.1. The highest BCUT2D eigenvalue weighted by Crippen LogP contribution is 2.17. The molecular formula is C19H14BrN5. The van der Waals surface area contributed by atoms with Crippen molar-refractivity contribution in [3.05, 3.63) is 81.8 Å². The van der Waals surface area contributed by atoms with Gasteiger partial charge in [0.25, 0.3) is 0 Å². The maximum absolute atomic E-state index is 9.04. The Morgan fingerprint density at radius 3 is 2.68 bits per heavy atom. The standard InChI is InChI=1S/C19H14BrN5/c20-16-6-2-3-13(10-16)11-19(23)25-18(22)8-7-17(24-25)15-5-1-4-14(9-15)12-21/h1-10,22-23H,11H2. The number of nitrogens with zero attached hydrogens (tertiary/aromatic N) is 3. The van der Waals surface area contributed by atoms with E-state index in [2.05, 4.69) is 27.1 Å². The van der Waals surface area contributed by atoms with Crippen LogP contribution in [0.5, 0.6) is 0 Å². The molecule has 2 N–H and O–H groups in total. The van der Waals surface area contributed by atoms with Gasteiger partial charge in [-0.2, -0.15) is 10.4 Å². The van der Waals surface area contributed by atoms with Crippen LogP contribution in [0.1, 0.15) is 11.1 Å². The fourth-order valence-corrected chi connectivity index (χ4v) is 2.89. The molecule has 25 heavy (non-hydrogen) atoms. The summed E-state index contributed by atoms with van der Waals surface area (Å²) in [5, 5.41) is 29.8. The third-order valence-electron chi connectivity index (χ3n) is 3.64. The van der Waals surface area contributed by atoms with Gasteiger partial charge in [0, 0.05) is 16.5 Å². The second-order valence-corrected chi connectivity index (χ2v) is 6.38. The molecule has 0 fully saturated rings. The summed E-state index contributed by atoms with van der Waals surface area (Å²) in [7, 11) is 0. The van der Waals surface area contributed by atoms with Gasteiger partial charge < -0.3 is 0 Å². The van der Waals surface area contributed by atoms with E-state index in [1.807, 2.05) is 30.3 Å². The normalized spacial score (nSPS) is 10.2. The van der Waals surface area contributed by atoms with Crippen LogP contribution < -0.4 is 5.49 Å². The zero-order valence-corrected chi connectivity index (χ0v) is 14.8. The molecule has 1 aromatic heterocycles. The first-order valence-corrected chi connectivity index (χ1v) is 8.34. The van der Waals surface area contributed by atoms with Crippen LogP contribution in [0.2, 0.25) is 0 Å². The van der Waals surface area contributed by atoms with Crippen LogP contribution in [0.4, 0.5) is 0 Å². The molecular weight excluding hydrogens is 378 g/mol. The van der Waals surface area contributed by atoms with Crippen LogP contribution in [0.25, 0.3) is 11.3 Å². The van der Waals surface area contributed by atoms with Gasteiger partial charge in [0.05, 0.1) is 17.3 Å². The van der Waals surface area contributed by atoms with E-state index in [1.165, 1.54) is 4.68 Å². The first-order chi connectivity index (χ1) is 12.1. The Morgan fingerprint density at radius 1 is 1.12 bits per heavy atom. The number of rotatable bonds is 3. The number of aromatic nitrogens is 2. The molecule has 0 spiro atoms. The molecule has 0 atom stereocenters. The average Bonchev–Trinajstić information content (AvgIpc) is 2.62. The van der Waals surface area contributed by atoms with Crippen molar-refractivity contribution in [2.45, 2.75) is 6.42 Å². The van der Waals surface area contributed by atoms with Gasteiger partial charge in [-0.25, -0.2) is 4.68 Å². The Kier molecular flexibility index (Phi) is 4.87. The molecule has 1 heterocycles. The van der Waals surface area contributed by atoms with Crippen molar-refractivity contribution in [2.24, 2.45) is 0 Å². The minimum Gasteiger partial charge on any atom is -0.286 e. The second-order valence-electron chi connectivity index (χ2n) is 5.46. The summed E-state index contributed by atoms with van der Waals surface area (Å²) in [6, 6.07) is 20.3. The van der Waals surface area contributed by atoms with E-state index < -0.39 is 0 Å². The molecule has 0 aliphatic carbocycles. The molecule has 6 heteroatoms. The topological polar surface area (TPSA) is 89.3 Å². The van der Waals surface area contributed by atoms with Crippen LogP contribution >= 0.6 is 15.9 Å². The summed E-state index contributed by atoms with van der Waals surface area (Å²) in [6.45, 7) is 0. The highest BCUT2D eigenvalue weighted by Gasteiger charge is 2.08. The van der Waals surface area contributed by atoms with Crippen molar-refractivity contribution < 1.29 is 0 Å². The summed E-state index contributed by atoms with van der Waals surface area (Å²) in [5.74, 6) is 0.210. The van der Waals surface area contributed by atoms with Crippen LogP contribution in [0.15, 0.2) is 65.1 Å². The zero-order chi connectivity index (χ0) is 17.8. The second kappa shape index (κ2) is 7.24. The fourth-order valence-electron chi connectivity index (χ4n) is 2.45. The first kappa shape index (κ1) is 16.8. The van der Waals surface area contributed by atoms with Gasteiger partial charge in [-0.05, 0) is 42.0 Å². The summed E-state index contributed by atoms with van der Waals surface area (Å²) in [6.07, 6.45) is 0.366. The third-order valence-corrected chi connectivity index (χ3v) is 4.13. The maximum atomic E-state index is 9.04. The zero-order valence-electron chi connectivity index (χ0n) is 13.2. The fraction of sp³-hybridized carbons (Fsp3) is 0.0526. The Labute approximate surface area is 153 Å². The molecule has 5 nitrogen and oxygen atoms in total. The van der Waals surface area contributed by atoms with Gasteiger partial charge in [0.15, 0.2) is 0 Å². The summed E-state index contributed by atoms with van der Waals surface area (Å²) < 4.78 is 2.26. The van der Waals surface area contributed by atoms with Crippen LogP contribution in [0, 0.1) is 22.1 Å². The Morgan fingerprint density at radius 2 is 1.92 bits per heavy atom. The largest absolute Gasteiger partial charge is 0.286 e. The maximum Gasteiger partial charge on any atom is 0.148 e. The molecule has 0 radical (unpaired) electrons. The lowest BCUT2D eigenvalue weighted by Crippen LogP contribution is -2.30. The van der Waals surface area contributed by atoms with Gasteiger partial charge in [-0.1, -0.05) is 40.2 Å². The number of nitrogens with one attached hydrogen (secondary N) is 2. The van der Waals surface area contributed by atoms with Crippen molar-refractivity contribution >= 4 is 21.8 Å². The lowest BCUT2D eigenvalue weighted by molar-refractivity contribution is 0.799. The molecule has 0 saturated heterocycles. The Balaban J connectivity index is 1.95. The third kappa shape index (κ3) is 3.90. The number of nitriles is 1. The number of halogens is 1. The van der Waals surface area contributed by atoms with Crippen molar-refractivity contribution in [1.29, 1.82) is 16.1 Å². The van der Waals surface area contributed by atoms with Crippen molar-refractivity contribution in [1.82, 2.24) is 9.78 Å². The SMILES string of the molecule is N#Cc1cccc(-c2ccc(=N)n(C(=N)Cc3cccc(Br)c3)n2)c1. The monoisotopic (exact) mass is 391 g/mol. The van der Waals surface area contributed by atoms with Crippen LogP contribution in [-0.2, 0) is 6.42 Å². The first-order valence-electron chi connectivity index (χ1n) is 7.54. The molecule has 0 aliphatic rings. The predicted octanol–water partition coefficient (Wildman–Crippen LogP) is 3.73. The molecule has 0 unspecified atom stereocenters. The number of benzene rings is 2. The van der Waals surface area contributed by atoms with E-state index in [9.17, 15) is 0 Å². The van der Waals surface area contributed by atoms with E-state index in [1.54, 1.807) is 30.3 Å². The van der Waals surface area contributed by atoms with E-state index >= 15 is 0 Å². The van der Waals surface area contributed by atoms with E-state index in [-0.39, 0.29) is 11.3 Å². The van der Waals surface area contributed by atoms with Crippen molar-refractivity contribution in [3.8, 4) is 17.3 Å². The van der Waals surface area contributed by atoms with Crippen LogP contribution in [-0.4, -0.2) is 15.6 Å². The van der Waals surface area contributed by atoms with Crippen molar-refractivity contribution in [3.63, 3.8) is 0 Å². The Bertz CT molecular complexity index is 1050. The summed E-state index contributed by atoms with van der Waals surface area (Å²) in [4.78, 5) is 0. The molecule has 0 amide bonds. The van der Waals surface area contributed by atoms with E-state index in [0.717, 1.165) is 15.6 Å². The van der Waals surface area contributed by atoms with Gasteiger partial charge in [0.1, 0.15) is 11.3 Å². The molecule has 122 valence electrons. The van der Waals surface area contributed by atoms with Crippen molar-refractivity contribution in [2.75, 3.05) is 0 Å². The summed E-state index contributed by atoms with van der Waals surface area (Å²) >= 11 is 3.42. The quantitative estimate of drug-likeness (QED) is 0.525. The van der Waals surface area contributed by atoms with Gasteiger partial charge in [0.2, 0.25) is 0 Å². The van der Waals surface area contributed by atoms with Gasteiger partial charge in [-0.15, -0.1) is 0 Å². The smallest absolute Gasteiger partial charge is 0.148 e. The van der Waals surface area contributed by atoms with Gasteiger partial charge in [-0.3, -0.25) is 10.8 Å². The molecule has 0 bridgehead atoms. The van der Waals surface area contributed by atoms with E-state index in [4.69, 9.17) is 16.1 Å². The number of hydrogen-bond acceptors (Lipinski definition) is 4. The minimum absolute atomic E-state index is 0.139. The average molecular weight is 392 g/mol. The lowest BCUT2D eigenvalue weighted by Gasteiger charge is -2.10. The highest BCUT2D eigenvalue weighted by molar-refractivity contribution is 9.10. The molecule has 0 aliphatic heterocycles. The predicted molar refractivity (Wildman–Crippen MR) is 99.2 cm³/mol. The van der Waals surface area contributed by atoms with E-state index in [0.29, 0.717) is 17.7 Å². The molecule has 3 aromatic rings. The Hall–Kier alpha value is -3.04. The molecule has 2 aromatic carbocycles. The summed E-state index contributed by atoms with van der Waals surface area (Å²) in [5.41, 5.74) is 3.05. The molecule has 3 rings (SSSR count). The highest BCUT2D eigenvalue weighted by atomic mass is 79.9. The number of hydrogen-bond donors (Lipinski definition) is 2.